The minimum Gasteiger partial charge on any atom is -0.352 e. The topological polar surface area (TPSA) is 52.7 Å². The second kappa shape index (κ2) is 8.74. The van der Waals surface area contributed by atoms with Crippen LogP contribution in [0.25, 0.3) is 0 Å². The number of carbonyl (C=O) groups excluding carboxylic acids is 2. The van der Waals surface area contributed by atoms with Gasteiger partial charge in [0.2, 0.25) is 11.8 Å². The van der Waals surface area contributed by atoms with Crippen LogP contribution in [0.4, 0.5) is 10.1 Å². The third-order valence-electron chi connectivity index (χ3n) is 5.85. The fraction of sp³-hybridized carbons (Fsp3) is 0.391. The molecule has 0 bridgehead atoms. The Balaban J connectivity index is 1.47. The lowest BCUT2D eigenvalue weighted by Crippen LogP contribution is -2.47. The van der Waals surface area contributed by atoms with E-state index in [0.717, 1.165) is 37.2 Å². The molecule has 2 aromatic rings. The highest BCUT2D eigenvalue weighted by molar-refractivity contribution is 6.03. The zero-order valence-electron chi connectivity index (χ0n) is 16.4. The molecule has 2 heterocycles. The van der Waals surface area contributed by atoms with Crippen LogP contribution in [0.5, 0.6) is 0 Å². The van der Waals surface area contributed by atoms with Crippen molar-refractivity contribution in [3.8, 4) is 0 Å². The summed E-state index contributed by atoms with van der Waals surface area (Å²) < 4.78 is 13.4. The van der Waals surface area contributed by atoms with Gasteiger partial charge >= 0.3 is 0 Å². The van der Waals surface area contributed by atoms with Crippen LogP contribution in [0.3, 0.4) is 0 Å². The Morgan fingerprint density at radius 3 is 2.45 bits per heavy atom. The standard InChI is InChI=1S/C23H26FN3O2/c24-18-10-8-17(9-11-18)21(26-14-4-5-15-26)16-25-23(29)20-12-13-22(28)27(20)19-6-2-1-3-7-19/h1-3,6-11,20-21H,4-5,12-16H2,(H,25,29). The van der Waals surface area contributed by atoms with Crippen molar-refractivity contribution >= 4 is 17.5 Å². The Morgan fingerprint density at radius 1 is 1.07 bits per heavy atom. The van der Waals surface area contributed by atoms with E-state index in [4.69, 9.17) is 0 Å². The molecule has 1 N–H and O–H groups in total. The van der Waals surface area contributed by atoms with Crippen molar-refractivity contribution in [1.82, 2.24) is 10.2 Å². The number of nitrogens with one attached hydrogen (secondary N) is 1. The van der Waals surface area contributed by atoms with Crippen LogP contribution in [-0.2, 0) is 9.59 Å². The molecule has 2 unspecified atom stereocenters. The maximum absolute atomic E-state index is 13.4. The molecule has 6 heteroatoms. The predicted molar refractivity (Wildman–Crippen MR) is 110 cm³/mol. The van der Waals surface area contributed by atoms with E-state index < -0.39 is 6.04 Å². The van der Waals surface area contributed by atoms with Crippen LogP contribution in [0.2, 0.25) is 0 Å². The molecule has 2 aromatic carbocycles. The molecule has 0 spiro atoms. The third-order valence-corrected chi connectivity index (χ3v) is 5.85. The van der Waals surface area contributed by atoms with Gasteiger partial charge in [0.05, 0.1) is 6.04 Å². The Morgan fingerprint density at radius 2 is 1.76 bits per heavy atom. The van der Waals surface area contributed by atoms with E-state index in [2.05, 4.69) is 10.2 Å². The number of likely N-dealkylation sites (tertiary alicyclic amines) is 1. The number of anilines is 1. The molecule has 2 atom stereocenters. The molecule has 2 saturated heterocycles. The first-order valence-corrected chi connectivity index (χ1v) is 10.3. The summed E-state index contributed by atoms with van der Waals surface area (Å²) in [5.74, 6) is -0.419. The molecule has 2 aliphatic rings. The highest BCUT2D eigenvalue weighted by Crippen LogP contribution is 2.28. The van der Waals surface area contributed by atoms with Crippen LogP contribution in [0.15, 0.2) is 54.6 Å². The molecule has 2 amide bonds. The van der Waals surface area contributed by atoms with E-state index in [1.54, 1.807) is 17.0 Å². The van der Waals surface area contributed by atoms with Crippen molar-refractivity contribution in [2.75, 3.05) is 24.5 Å². The second-order valence-electron chi connectivity index (χ2n) is 7.71. The number of para-hydroxylation sites is 1. The van der Waals surface area contributed by atoms with Gasteiger partial charge in [-0.15, -0.1) is 0 Å². The number of amides is 2. The molecular weight excluding hydrogens is 369 g/mol. The number of hydrogen-bond acceptors (Lipinski definition) is 3. The van der Waals surface area contributed by atoms with Crippen molar-refractivity contribution in [2.45, 2.75) is 37.8 Å². The van der Waals surface area contributed by atoms with Crippen LogP contribution in [0, 0.1) is 5.82 Å². The van der Waals surface area contributed by atoms with Gasteiger partial charge in [-0.2, -0.15) is 0 Å². The molecule has 0 aliphatic carbocycles. The van der Waals surface area contributed by atoms with Crippen LogP contribution >= 0.6 is 0 Å². The first kappa shape index (κ1) is 19.6. The summed E-state index contributed by atoms with van der Waals surface area (Å²) in [6.45, 7) is 2.38. The lowest BCUT2D eigenvalue weighted by Gasteiger charge is -2.30. The normalized spacial score (nSPS) is 20.8. The average Bonchev–Trinajstić information content (AvgIpc) is 3.40. The summed E-state index contributed by atoms with van der Waals surface area (Å²) >= 11 is 0. The van der Waals surface area contributed by atoms with E-state index in [1.165, 1.54) is 12.1 Å². The Bertz CT molecular complexity index is 850. The van der Waals surface area contributed by atoms with Gasteiger partial charge in [0.1, 0.15) is 11.9 Å². The summed E-state index contributed by atoms with van der Waals surface area (Å²) in [5, 5.41) is 3.07. The molecule has 0 aromatic heterocycles. The molecule has 4 rings (SSSR count). The number of carbonyl (C=O) groups is 2. The van der Waals surface area contributed by atoms with Gasteiger partial charge in [-0.25, -0.2) is 4.39 Å². The van der Waals surface area contributed by atoms with Crippen molar-refractivity contribution in [2.24, 2.45) is 0 Å². The van der Waals surface area contributed by atoms with Crippen LogP contribution < -0.4 is 10.2 Å². The quantitative estimate of drug-likeness (QED) is 0.817. The van der Waals surface area contributed by atoms with Gasteiger partial charge in [0.25, 0.3) is 0 Å². The smallest absolute Gasteiger partial charge is 0.243 e. The van der Waals surface area contributed by atoms with Gasteiger partial charge in [-0.05, 0) is 62.2 Å². The number of halogens is 1. The van der Waals surface area contributed by atoms with Gasteiger partial charge < -0.3 is 5.32 Å². The predicted octanol–water partition coefficient (Wildman–Crippen LogP) is 3.27. The summed E-state index contributed by atoms with van der Waals surface area (Å²) in [5.41, 5.74) is 1.75. The second-order valence-corrected chi connectivity index (χ2v) is 7.71. The molecule has 5 nitrogen and oxygen atoms in total. The van der Waals surface area contributed by atoms with E-state index >= 15 is 0 Å². The molecule has 29 heavy (non-hydrogen) atoms. The van der Waals surface area contributed by atoms with Crippen LogP contribution in [-0.4, -0.2) is 42.4 Å². The lowest BCUT2D eigenvalue weighted by atomic mass is 10.0. The fourth-order valence-corrected chi connectivity index (χ4v) is 4.36. The maximum atomic E-state index is 13.4. The minimum absolute atomic E-state index is 0.00401. The highest BCUT2D eigenvalue weighted by atomic mass is 19.1. The molecule has 152 valence electrons. The number of hydrogen-bond donors (Lipinski definition) is 1. The average molecular weight is 395 g/mol. The van der Waals surface area contributed by atoms with Gasteiger partial charge in [0.15, 0.2) is 0 Å². The third kappa shape index (κ3) is 4.32. The lowest BCUT2D eigenvalue weighted by molar-refractivity contribution is -0.124. The summed E-state index contributed by atoms with van der Waals surface area (Å²) in [6, 6.07) is 15.4. The SMILES string of the molecule is O=C(NCC(c1ccc(F)cc1)N1CCCC1)C1CCC(=O)N1c1ccccc1. The fourth-order valence-electron chi connectivity index (χ4n) is 4.36. The number of nitrogens with zero attached hydrogens (tertiary/aromatic N) is 2. The largest absolute Gasteiger partial charge is 0.352 e. The van der Waals surface area contributed by atoms with E-state index in [1.807, 2.05) is 30.3 Å². The number of benzene rings is 2. The zero-order valence-corrected chi connectivity index (χ0v) is 16.4. The monoisotopic (exact) mass is 395 g/mol. The Hall–Kier alpha value is -2.73. The van der Waals surface area contributed by atoms with Crippen molar-refractivity contribution in [3.05, 3.63) is 66.0 Å². The van der Waals surface area contributed by atoms with Crippen LogP contribution in [0.1, 0.15) is 37.3 Å². The van der Waals surface area contributed by atoms with Gasteiger partial charge in [-0.3, -0.25) is 19.4 Å². The molecule has 0 saturated carbocycles. The maximum Gasteiger partial charge on any atom is 0.243 e. The van der Waals surface area contributed by atoms with Gasteiger partial charge in [0, 0.05) is 18.7 Å². The first-order valence-electron chi connectivity index (χ1n) is 10.3. The van der Waals surface area contributed by atoms with Crippen molar-refractivity contribution in [3.63, 3.8) is 0 Å². The van der Waals surface area contributed by atoms with Crippen molar-refractivity contribution < 1.29 is 14.0 Å². The van der Waals surface area contributed by atoms with E-state index in [-0.39, 0.29) is 23.7 Å². The molecule has 0 radical (unpaired) electrons. The molecule has 2 aliphatic heterocycles. The summed E-state index contributed by atoms with van der Waals surface area (Å²) in [4.78, 5) is 29.3. The zero-order chi connectivity index (χ0) is 20.2. The van der Waals surface area contributed by atoms with Gasteiger partial charge in [-0.1, -0.05) is 30.3 Å². The minimum atomic E-state index is -0.489. The molecule has 2 fully saturated rings. The number of rotatable bonds is 6. The highest BCUT2D eigenvalue weighted by Gasteiger charge is 2.37. The summed E-state index contributed by atoms with van der Waals surface area (Å²) in [6.07, 6.45) is 3.15. The Kier molecular flexibility index (Phi) is 5.90. The molecular formula is C23H26FN3O2. The Labute approximate surface area is 170 Å². The van der Waals surface area contributed by atoms with E-state index in [9.17, 15) is 14.0 Å². The van der Waals surface area contributed by atoms with Crippen molar-refractivity contribution in [1.29, 1.82) is 0 Å². The summed E-state index contributed by atoms with van der Waals surface area (Å²) in [7, 11) is 0. The van der Waals surface area contributed by atoms with E-state index in [0.29, 0.717) is 19.4 Å². The first-order chi connectivity index (χ1) is 14.1.